The number of hydrogen-bond acceptors (Lipinski definition) is 13. The van der Waals surface area contributed by atoms with E-state index >= 15 is 0 Å². The highest BCUT2D eigenvalue weighted by Crippen LogP contribution is 2.46. The lowest BCUT2D eigenvalue weighted by atomic mass is 9.94. The Labute approximate surface area is 792 Å². The molecule has 13 nitrogen and oxygen atoms in total. The quantitative estimate of drug-likeness (QED) is 0.107. The monoisotopic (exact) mass is 1780 g/mol. The van der Waals surface area contributed by atoms with Gasteiger partial charge in [0.05, 0.1) is 0 Å². The van der Waals surface area contributed by atoms with Crippen LogP contribution in [-0.4, -0.2) is 29.9 Å². The molecule has 0 aliphatic rings. The molecule has 0 spiro atoms. The van der Waals surface area contributed by atoms with Gasteiger partial charge in [-0.3, -0.25) is 0 Å². The van der Waals surface area contributed by atoms with E-state index in [-0.39, 0.29) is 0 Å². The van der Waals surface area contributed by atoms with Crippen LogP contribution in [0.5, 0.6) is 0 Å². The topological polar surface area (TPSA) is 169 Å². The molecular formula is C126H72N6O7. The average Bonchev–Trinajstić information content (AvgIpc) is 1.67. The Morgan fingerprint density at radius 2 is 0.237 bits per heavy atom. The van der Waals surface area contributed by atoms with Crippen molar-refractivity contribution in [3.8, 4) is 146 Å². The van der Waals surface area contributed by atoms with Gasteiger partial charge in [-0.1, -0.05) is 255 Å². The predicted octanol–water partition coefficient (Wildman–Crippen LogP) is 34.7. The molecule has 0 atom stereocenters. The highest BCUT2D eigenvalue weighted by atomic mass is 16.4. The molecule has 20 aromatic carbocycles. The second-order valence-corrected chi connectivity index (χ2v) is 35.5. The van der Waals surface area contributed by atoms with E-state index in [0.717, 1.165) is 265 Å². The SMILES string of the molecule is c1ccc(-c2nc(-c3cc(-c4ccc5oc6ccccc6c5c4)cc(-c4ccc5oc6ccccc6c5c4)c3)nc(-c3cc(-c4ccc5oc6ccccc6c5c4)cc(-c4ccc5oc6ccccc6c5c4)c3)n2)cc1.c1ccc(-c2nc(-c3ccc(-c4ccc5oc6ccccc6c5c4)cc3)nc(-c3cc(-c4ccc5oc6ccccc6c5c4)cc(-c4ccc5oc6ccccc6c5c4)c3)n2)cc1. The Kier molecular flexibility index (Phi) is 18.0. The van der Waals surface area contributed by atoms with Crippen molar-refractivity contribution < 1.29 is 30.9 Å². The van der Waals surface area contributed by atoms with Crippen molar-refractivity contribution in [1.29, 1.82) is 0 Å². The van der Waals surface area contributed by atoms with Crippen LogP contribution >= 0.6 is 0 Å². The number of fused-ring (bicyclic) bond motifs is 21. The summed E-state index contributed by atoms with van der Waals surface area (Å²) in [7, 11) is 0. The molecule has 0 saturated carbocycles. The second kappa shape index (κ2) is 31.9. The molecule has 648 valence electrons. The Bertz CT molecular complexity index is 9390. The number of para-hydroxylation sites is 7. The number of hydrogen-bond donors (Lipinski definition) is 0. The molecule has 0 amide bonds. The van der Waals surface area contributed by atoms with Crippen molar-refractivity contribution in [2.24, 2.45) is 0 Å². The minimum Gasteiger partial charge on any atom is -0.456 e. The summed E-state index contributed by atoms with van der Waals surface area (Å²) in [6.45, 7) is 0. The molecule has 0 N–H and O–H groups in total. The Morgan fingerprint density at radius 1 is 0.0935 bits per heavy atom. The van der Waals surface area contributed by atoms with Gasteiger partial charge in [0.25, 0.3) is 0 Å². The van der Waals surface area contributed by atoms with E-state index in [1.165, 1.54) is 0 Å². The van der Waals surface area contributed by atoms with Crippen LogP contribution in [0.25, 0.3) is 300 Å². The van der Waals surface area contributed by atoms with E-state index in [0.29, 0.717) is 34.9 Å². The molecule has 0 fully saturated rings. The van der Waals surface area contributed by atoms with Crippen molar-refractivity contribution in [2.75, 3.05) is 0 Å². The van der Waals surface area contributed by atoms with E-state index in [9.17, 15) is 0 Å². The smallest absolute Gasteiger partial charge is 0.164 e. The maximum absolute atomic E-state index is 6.30. The Morgan fingerprint density at radius 3 is 0.446 bits per heavy atom. The molecule has 9 heterocycles. The van der Waals surface area contributed by atoms with Gasteiger partial charge in [0.2, 0.25) is 0 Å². The molecule has 0 aliphatic heterocycles. The highest BCUT2D eigenvalue weighted by Gasteiger charge is 2.24. The van der Waals surface area contributed by atoms with E-state index in [2.05, 4.69) is 297 Å². The lowest BCUT2D eigenvalue weighted by molar-refractivity contribution is 0.668. The molecule has 13 heteroatoms. The van der Waals surface area contributed by atoms with Gasteiger partial charge >= 0.3 is 0 Å². The molecule has 9 aromatic heterocycles. The van der Waals surface area contributed by atoms with Crippen LogP contribution < -0.4 is 0 Å². The first-order valence-electron chi connectivity index (χ1n) is 46.3. The number of rotatable bonds is 13. The highest BCUT2D eigenvalue weighted by molar-refractivity contribution is 6.13. The third-order valence-electron chi connectivity index (χ3n) is 27.0. The molecule has 0 bridgehead atoms. The minimum absolute atomic E-state index is 0.543. The normalized spacial score (nSPS) is 11.9. The molecule has 139 heavy (non-hydrogen) atoms. The fourth-order valence-electron chi connectivity index (χ4n) is 20.1. The maximum Gasteiger partial charge on any atom is 0.164 e. The first-order valence-corrected chi connectivity index (χ1v) is 46.3. The summed E-state index contributed by atoms with van der Waals surface area (Å²) >= 11 is 0. The summed E-state index contributed by atoms with van der Waals surface area (Å²) < 4.78 is 43.8. The van der Waals surface area contributed by atoms with Crippen LogP contribution in [0.1, 0.15) is 0 Å². The van der Waals surface area contributed by atoms with Gasteiger partial charge in [0, 0.05) is 109 Å². The van der Waals surface area contributed by atoms with Gasteiger partial charge in [-0.2, -0.15) is 0 Å². The zero-order chi connectivity index (χ0) is 91.3. The fourth-order valence-corrected chi connectivity index (χ4v) is 20.1. The first-order chi connectivity index (χ1) is 68.7. The lowest BCUT2D eigenvalue weighted by Crippen LogP contribution is -2.01. The summed E-state index contributed by atoms with van der Waals surface area (Å²) in [5, 5.41) is 15.0. The van der Waals surface area contributed by atoms with Crippen molar-refractivity contribution in [2.45, 2.75) is 0 Å². The summed E-state index contributed by atoms with van der Waals surface area (Å²) in [6, 6.07) is 151. The molecule has 0 radical (unpaired) electrons. The summed E-state index contributed by atoms with van der Waals surface area (Å²) in [5.41, 5.74) is 31.8. The van der Waals surface area contributed by atoms with Gasteiger partial charge in [0.1, 0.15) is 78.2 Å². The van der Waals surface area contributed by atoms with Gasteiger partial charge < -0.3 is 30.9 Å². The third-order valence-corrected chi connectivity index (χ3v) is 27.0. The van der Waals surface area contributed by atoms with Crippen LogP contribution in [0, 0.1) is 0 Å². The zero-order valence-corrected chi connectivity index (χ0v) is 74.1. The number of nitrogens with zero attached hydrogens (tertiary/aromatic N) is 6. The fraction of sp³-hybridized carbons (Fsp3) is 0. The molecular weight excluding hydrogens is 1710 g/mol. The van der Waals surface area contributed by atoms with Crippen molar-refractivity contribution in [3.63, 3.8) is 0 Å². The predicted molar refractivity (Wildman–Crippen MR) is 561 cm³/mol. The van der Waals surface area contributed by atoms with Crippen LogP contribution in [-0.2, 0) is 0 Å². The van der Waals surface area contributed by atoms with Gasteiger partial charge in [0.15, 0.2) is 34.9 Å². The van der Waals surface area contributed by atoms with Crippen LogP contribution in [0.3, 0.4) is 0 Å². The van der Waals surface area contributed by atoms with Crippen molar-refractivity contribution >= 4 is 154 Å². The summed E-state index contributed by atoms with van der Waals surface area (Å²) in [4.78, 5) is 31.7. The van der Waals surface area contributed by atoms with E-state index in [1.54, 1.807) is 0 Å². The number of aromatic nitrogens is 6. The molecule has 29 rings (SSSR count). The average molecular weight is 1780 g/mol. The van der Waals surface area contributed by atoms with Gasteiger partial charge in [-0.25, -0.2) is 29.9 Å². The van der Waals surface area contributed by atoms with Crippen molar-refractivity contribution in [1.82, 2.24) is 29.9 Å². The lowest BCUT2D eigenvalue weighted by Gasteiger charge is -2.14. The standard InChI is InChI=1S/C69H39N3O4.C57H33N3O3/c1-2-12-40(13-3-1)67-70-68(49-32-45(41-22-26-63-55(36-41)51-14-4-8-18-59(51)73-63)30-46(33-49)42-23-27-64-56(37-42)52-15-5-9-19-60(52)74-64)72-69(71-67)50-34-47(43-24-28-65-57(38-43)53-16-6-10-20-61(53)75-65)31-48(35-50)44-25-29-66-58(39-44)54-17-7-11-21-62(54)76-66;1-2-10-35(11-3-1)55-58-56(36-20-18-34(19-21-36)37-22-25-52-46(31-37)43-12-4-7-15-49(43)61-52)60-57(59-55)42-29-40(38-23-26-53-47(32-38)44-13-5-8-16-50(44)62-53)28-41(30-42)39-24-27-54-48(33-39)45-14-6-9-17-51(45)63-54/h1-39H;1-33H. The van der Waals surface area contributed by atoms with E-state index in [4.69, 9.17) is 60.8 Å². The molecule has 0 unspecified atom stereocenters. The number of benzene rings is 20. The van der Waals surface area contributed by atoms with Crippen molar-refractivity contribution in [3.05, 3.63) is 437 Å². The Hall–Kier alpha value is -19.0. The van der Waals surface area contributed by atoms with E-state index < -0.39 is 0 Å². The Balaban J connectivity index is 0.000000139. The number of furan rings is 7. The maximum atomic E-state index is 6.30. The van der Waals surface area contributed by atoms with Gasteiger partial charge in [-0.15, -0.1) is 0 Å². The summed E-state index contributed by atoms with van der Waals surface area (Å²) in [5.74, 6) is 3.41. The molecule has 0 saturated heterocycles. The van der Waals surface area contributed by atoms with Crippen LogP contribution in [0.4, 0.5) is 0 Å². The molecule has 0 aliphatic carbocycles. The zero-order valence-electron chi connectivity index (χ0n) is 74.1. The van der Waals surface area contributed by atoms with E-state index in [1.807, 2.05) is 140 Å². The first kappa shape index (κ1) is 78.7. The largest absolute Gasteiger partial charge is 0.456 e. The minimum atomic E-state index is 0.543. The van der Waals surface area contributed by atoms with Gasteiger partial charge in [-0.05, 0) is 260 Å². The molecule has 29 aromatic rings. The van der Waals surface area contributed by atoms with Crippen LogP contribution in [0.15, 0.2) is 468 Å². The third kappa shape index (κ3) is 13.9. The second-order valence-electron chi connectivity index (χ2n) is 35.5. The summed E-state index contributed by atoms with van der Waals surface area (Å²) in [6.07, 6.45) is 0. The van der Waals surface area contributed by atoms with Crippen LogP contribution in [0.2, 0.25) is 0 Å².